The first-order valence-corrected chi connectivity index (χ1v) is 12.6. The van der Waals surface area contributed by atoms with Crippen LogP contribution in [0.25, 0.3) is 11.3 Å². The minimum absolute atomic E-state index is 0.0442. The van der Waals surface area contributed by atoms with Gasteiger partial charge in [-0.05, 0) is 52.2 Å². The van der Waals surface area contributed by atoms with Crippen LogP contribution in [0, 0.1) is 0 Å². The van der Waals surface area contributed by atoms with Crippen LogP contribution in [0.1, 0.15) is 45.7 Å². The first-order chi connectivity index (χ1) is 16.3. The van der Waals surface area contributed by atoms with Gasteiger partial charge in [0.25, 0.3) is 0 Å². The van der Waals surface area contributed by atoms with Crippen molar-refractivity contribution in [3.63, 3.8) is 0 Å². The first kappa shape index (κ1) is 26.8. The topological polar surface area (TPSA) is 95.5 Å². The SMILES string of the molecule is CC(C)(C)OC(=O)C1(S(=O)(=C=O)c2ccc(-c3cnc(CCC(F)(F)F)cn3)cc2)CCOCC1. The van der Waals surface area contributed by atoms with Gasteiger partial charge in [0.15, 0.2) is 9.98 Å². The van der Waals surface area contributed by atoms with Crippen LogP contribution < -0.4 is 0 Å². The van der Waals surface area contributed by atoms with E-state index in [-0.39, 0.29) is 43.1 Å². The Labute approximate surface area is 202 Å². The summed E-state index contributed by atoms with van der Waals surface area (Å²) in [7, 11) is -3.67. The number of rotatable bonds is 6. The van der Waals surface area contributed by atoms with E-state index in [1.807, 2.05) is 0 Å². The molecule has 11 heteroatoms. The summed E-state index contributed by atoms with van der Waals surface area (Å²) >= 11 is 0. The Balaban J connectivity index is 1.91. The lowest BCUT2D eigenvalue weighted by Gasteiger charge is -2.38. The number of halogens is 3. The van der Waals surface area contributed by atoms with Crippen LogP contribution in [0.15, 0.2) is 41.6 Å². The van der Waals surface area contributed by atoms with Crippen LogP contribution in [0.2, 0.25) is 0 Å². The van der Waals surface area contributed by atoms with E-state index in [0.29, 0.717) is 11.3 Å². The summed E-state index contributed by atoms with van der Waals surface area (Å²) < 4.78 is 60.6. The van der Waals surface area contributed by atoms with Crippen LogP contribution in [0.4, 0.5) is 13.2 Å². The van der Waals surface area contributed by atoms with E-state index in [9.17, 15) is 27.0 Å². The largest absolute Gasteiger partial charge is 0.459 e. The molecule has 0 saturated carbocycles. The van der Waals surface area contributed by atoms with Gasteiger partial charge in [-0.2, -0.15) is 13.2 Å². The standard InChI is InChI=1S/C24H27F3N2O5S/c1-22(2,3)34-21(31)23(10-12-33-13-11-23)35(32,16-30)19-6-4-17(5-7-19)20-15-28-18(14-29-20)8-9-24(25,26)27/h4-7,14-15H,8-13H2,1-3H3. The number of aromatic nitrogens is 2. The Morgan fingerprint density at radius 2 is 1.74 bits per heavy atom. The predicted octanol–water partition coefficient (Wildman–Crippen LogP) is 4.24. The lowest BCUT2D eigenvalue weighted by atomic mass is 9.99. The Kier molecular flexibility index (Phi) is 7.74. The second-order valence-electron chi connectivity index (χ2n) is 9.28. The Morgan fingerprint density at radius 1 is 1.11 bits per heavy atom. The molecule has 0 amide bonds. The van der Waals surface area contributed by atoms with E-state index < -0.39 is 38.4 Å². The molecule has 1 unspecified atom stereocenters. The number of esters is 1. The van der Waals surface area contributed by atoms with Crippen molar-refractivity contribution in [3.8, 4) is 11.3 Å². The van der Waals surface area contributed by atoms with Crippen molar-refractivity contribution in [1.29, 1.82) is 0 Å². The molecule has 1 atom stereocenters. The van der Waals surface area contributed by atoms with Gasteiger partial charge in [0.1, 0.15) is 5.60 Å². The van der Waals surface area contributed by atoms with Crippen LogP contribution in [-0.4, -0.2) is 55.1 Å². The van der Waals surface area contributed by atoms with Gasteiger partial charge in [-0.25, -0.2) is 4.79 Å². The van der Waals surface area contributed by atoms with Crippen molar-refractivity contribution in [2.24, 2.45) is 0 Å². The van der Waals surface area contributed by atoms with Crippen LogP contribution >= 0.6 is 0 Å². The molecule has 1 saturated heterocycles. The zero-order chi connectivity index (χ0) is 25.9. The third-order valence-corrected chi connectivity index (χ3v) is 8.44. The lowest BCUT2D eigenvalue weighted by molar-refractivity contribution is -0.160. The monoisotopic (exact) mass is 512 g/mol. The summed E-state index contributed by atoms with van der Waals surface area (Å²) in [4.78, 5) is 33.7. The fraction of sp³-hybridized carbons (Fsp3) is 0.500. The maximum atomic E-state index is 14.1. The molecule has 0 radical (unpaired) electrons. The van der Waals surface area contributed by atoms with Gasteiger partial charge < -0.3 is 9.47 Å². The van der Waals surface area contributed by atoms with E-state index in [2.05, 4.69) is 9.97 Å². The molecule has 1 fully saturated rings. The van der Waals surface area contributed by atoms with Crippen molar-refractivity contribution >= 4 is 20.7 Å². The fourth-order valence-electron chi connectivity index (χ4n) is 3.75. The second kappa shape index (κ2) is 10.1. The molecule has 0 aliphatic carbocycles. The summed E-state index contributed by atoms with van der Waals surface area (Å²) in [5, 5.41) is 1.67. The molecule has 0 spiro atoms. The Bertz CT molecular complexity index is 1190. The van der Waals surface area contributed by atoms with E-state index in [0.717, 1.165) is 0 Å². The molecule has 1 aromatic carbocycles. The van der Waals surface area contributed by atoms with Crippen molar-refractivity contribution in [2.75, 3.05) is 13.2 Å². The molecule has 1 aliphatic rings. The normalized spacial score (nSPS) is 17.8. The van der Waals surface area contributed by atoms with Gasteiger partial charge in [0.05, 0.1) is 27.1 Å². The van der Waals surface area contributed by atoms with Crippen molar-refractivity contribution in [2.45, 2.75) is 67.9 Å². The average Bonchev–Trinajstić information content (AvgIpc) is 2.81. The highest BCUT2D eigenvalue weighted by Crippen LogP contribution is 2.38. The van der Waals surface area contributed by atoms with E-state index in [4.69, 9.17) is 9.47 Å². The van der Waals surface area contributed by atoms with Gasteiger partial charge in [0.2, 0.25) is 0 Å². The molecule has 0 N–H and O–H groups in total. The molecule has 0 bridgehead atoms. The number of hydrogen-bond acceptors (Lipinski definition) is 7. The predicted molar refractivity (Wildman–Crippen MR) is 123 cm³/mol. The number of carbonyl (C=O) groups is 1. The van der Waals surface area contributed by atoms with Crippen LogP contribution in [0.5, 0.6) is 0 Å². The maximum Gasteiger partial charge on any atom is 0.389 e. The minimum atomic E-state index is -4.28. The zero-order valence-electron chi connectivity index (χ0n) is 19.7. The van der Waals surface area contributed by atoms with Gasteiger partial charge in [0, 0.05) is 36.3 Å². The maximum absolute atomic E-state index is 14.1. The number of carbonyl (C=O) groups excluding carboxylic acids is 2. The number of aryl methyl sites for hydroxylation is 1. The van der Waals surface area contributed by atoms with Crippen molar-refractivity contribution < 1.29 is 36.4 Å². The summed E-state index contributed by atoms with van der Waals surface area (Å²) in [5.41, 5.74) is 0.303. The van der Waals surface area contributed by atoms with E-state index >= 15 is 0 Å². The van der Waals surface area contributed by atoms with E-state index in [1.165, 1.54) is 24.5 Å². The molecule has 1 aliphatic heterocycles. The summed E-state index contributed by atoms with van der Waals surface area (Å²) in [6, 6.07) is 6.05. The summed E-state index contributed by atoms with van der Waals surface area (Å²) in [6.07, 6.45) is -2.83. The number of benzene rings is 1. The number of nitrogens with zero attached hydrogens (tertiary/aromatic N) is 2. The molecule has 1 aromatic heterocycles. The molecule has 2 aromatic rings. The highest BCUT2D eigenvalue weighted by Gasteiger charge is 2.52. The average molecular weight is 513 g/mol. The van der Waals surface area contributed by atoms with Gasteiger partial charge in [-0.15, -0.1) is 0 Å². The number of alkyl halides is 3. The minimum Gasteiger partial charge on any atom is -0.459 e. The molecule has 190 valence electrons. The third kappa shape index (κ3) is 6.09. The van der Waals surface area contributed by atoms with Gasteiger partial charge in [-0.1, -0.05) is 12.1 Å². The zero-order valence-corrected chi connectivity index (χ0v) is 20.5. The lowest BCUT2D eigenvalue weighted by Crippen LogP contribution is -2.53. The highest BCUT2D eigenvalue weighted by molar-refractivity contribution is 8.02. The molecule has 2 heterocycles. The third-order valence-electron chi connectivity index (χ3n) is 5.59. The van der Waals surface area contributed by atoms with E-state index in [1.54, 1.807) is 38.1 Å². The number of ether oxygens (including phenoxy) is 2. The Morgan fingerprint density at radius 3 is 2.23 bits per heavy atom. The van der Waals surface area contributed by atoms with Crippen molar-refractivity contribution in [3.05, 3.63) is 42.4 Å². The summed E-state index contributed by atoms with van der Waals surface area (Å²) in [5.74, 6) is -0.731. The van der Waals surface area contributed by atoms with Crippen molar-refractivity contribution in [1.82, 2.24) is 9.97 Å². The smallest absolute Gasteiger partial charge is 0.389 e. The van der Waals surface area contributed by atoms with Crippen LogP contribution in [0.3, 0.4) is 0 Å². The molecule has 35 heavy (non-hydrogen) atoms. The second-order valence-corrected chi connectivity index (χ2v) is 11.8. The highest BCUT2D eigenvalue weighted by atomic mass is 32.2. The first-order valence-electron chi connectivity index (χ1n) is 11.0. The molecular formula is C24H27F3N2O5S. The fourth-order valence-corrected chi connectivity index (χ4v) is 6.00. The summed E-state index contributed by atoms with van der Waals surface area (Å²) in [6.45, 7) is 5.36. The van der Waals surface area contributed by atoms with Gasteiger partial charge >= 0.3 is 12.1 Å². The molecule has 7 nitrogen and oxygen atoms in total. The Hall–Kier alpha value is -2.75. The molecule has 3 rings (SSSR count). The number of hydrogen-bond donors (Lipinski definition) is 0. The quantitative estimate of drug-likeness (QED) is 0.422. The van der Waals surface area contributed by atoms with Crippen LogP contribution in [-0.2, 0) is 35.0 Å². The molecular weight excluding hydrogens is 485 g/mol. The van der Waals surface area contributed by atoms with Gasteiger partial charge in [-0.3, -0.25) is 19.0 Å².